The molecule has 0 atom stereocenters. The SMILES string of the molecule is Nc1nc(CC(=O)NCc2ccc(C(=O)O)o2)cs1. The standard InChI is InChI=1S/C11H11N3O4S/c12-11-14-6(5-19-11)3-9(15)13-4-7-1-2-8(18-7)10(16)17/h1-2,5H,3-4H2,(H2,12,14)(H,13,15)(H,16,17). The molecule has 0 aromatic carbocycles. The van der Waals surface area contributed by atoms with Crippen LogP contribution in [0.2, 0.25) is 0 Å². The van der Waals surface area contributed by atoms with Gasteiger partial charge < -0.3 is 20.6 Å². The van der Waals surface area contributed by atoms with Gasteiger partial charge in [0, 0.05) is 5.38 Å². The number of hydrogen-bond acceptors (Lipinski definition) is 6. The van der Waals surface area contributed by atoms with Crippen LogP contribution in [0.1, 0.15) is 22.0 Å². The van der Waals surface area contributed by atoms with Gasteiger partial charge in [0.2, 0.25) is 11.7 Å². The number of furan rings is 1. The topological polar surface area (TPSA) is 118 Å². The van der Waals surface area contributed by atoms with Crippen molar-refractivity contribution >= 4 is 28.3 Å². The molecule has 4 N–H and O–H groups in total. The molecule has 0 saturated heterocycles. The van der Waals surface area contributed by atoms with Gasteiger partial charge in [-0.25, -0.2) is 9.78 Å². The number of amides is 1. The highest BCUT2D eigenvalue weighted by molar-refractivity contribution is 7.13. The van der Waals surface area contributed by atoms with Crippen LogP contribution < -0.4 is 11.1 Å². The maximum absolute atomic E-state index is 11.6. The molecule has 7 nitrogen and oxygen atoms in total. The first-order chi connectivity index (χ1) is 9.04. The number of carboxylic acid groups (broad SMARTS) is 1. The zero-order valence-corrected chi connectivity index (χ0v) is 10.6. The van der Waals surface area contributed by atoms with Gasteiger partial charge in [0.25, 0.3) is 0 Å². The summed E-state index contributed by atoms with van der Waals surface area (Å²) < 4.78 is 5.00. The minimum absolute atomic E-state index is 0.125. The first kappa shape index (κ1) is 13.1. The highest BCUT2D eigenvalue weighted by Crippen LogP contribution is 2.11. The van der Waals surface area contributed by atoms with Crippen LogP contribution >= 0.6 is 11.3 Å². The molecule has 0 aliphatic rings. The zero-order valence-electron chi connectivity index (χ0n) is 9.75. The lowest BCUT2D eigenvalue weighted by Gasteiger charge is -2.01. The number of anilines is 1. The molecule has 1 amide bonds. The van der Waals surface area contributed by atoms with Crippen molar-refractivity contribution in [2.75, 3.05) is 5.73 Å². The first-order valence-corrected chi connectivity index (χ1v) is 6.21. The largest absolute Gasteiger partial charge is 0.475 e. The number of rotatable bonds is 5. The number of nitrogens with two attached hydrogens (primary N) is 1. The highest BCUT2D eigenvalue weighted by atomic mass is 32.1. The molecule has 0 bridgehead atoms. The highest BCUT2D eigenvalue weighted by Gasteiger charge is 2.10. The summed E-state index contributed by atoms with van der Waals surface area (Å²) in [6, 6.07) is 2.84. The van der Waals surface area contributed by atoms with Crippen LogP contribution in [0.15, 0.2) is 21.9 Å². The van der Waals surface area contributed by atoms with Crippen molar-refractivity contribution in [1.29, 1.82) is 0 Å². The number of aromatic carboxylic acids is 1. The quantitative estimate of drug-likeness (QED) is 0.748. The van der Waals surface area contributed by atoms with E-state index in [4.69, 9.17) is 15.3 Å². The molecular formula is C11H11N3O4S. The number of nitrogen functional groups attached to an aromatic ring is 1. The first-order valence-electron chi connectivity index (χ1n) is 5.33. The number of carbonyl (C=O) groups excluding carboxylic acids is 1. The van der Waals surface area contributed by atoms with Crippen molar-refractivity contribution in [2.45, 2.75) is 13.0 Å². The molecule has 0 aliphatic carbocycles. The number of nitrogens with one attached hydrogen (secondary N) is 1. The molecule has 0 aliphatic heterocycles. The molecule has 0 spiro atoms. The number of carbonyl (C=O) groups is 2. The molecule has 0 saturated carbocycles. The van der Waals surface area contributed by atoms with Crippen LogP contribution in [0.3, 0.4) is 0 Å². The molecule has 2 heterocycles. The predicted molar refractivity (Wildman–Crippen MR) is 67.7 cm³/mol. The Morgan fingerprint density at radius 3 is 2.84 bits per heavy atom. The van der Waals surface area contributed by atoms with Gasteiger partial charge in [-0.1, -0.05) is 0 Å². The third kappa shape index (κ3) is 3.55. The Balaban J connectivity index is 1.84. The molecule has 100 valence electrons. The lowest BCUT2D eigenvalue weighted by molar-refractivity contribution is -0.120. The second-order valence-electron chi connectivity index (χ2n) is 3.70. The summed E-state index contributed by atoms with van der Waals surface area (Å²) in [4.78, 5) is 26.2. The Kier molecular flexibility index (Phi) is 3.81. The van der Waals surface area contributed by atoms with Crippen molar-refractivity contribution in [2.24, 2.45) is 0 Å². The van der Waals surface area contributed by atoms with Gasteiger partial charge in [0.15, 0.2) is 5.13 Å². The summed E-state index contributed by atoms with van der Waals surface area (Å²) in [5.41, 5.74) is 6.06. The fourth-order valence-corrected chi connectivity index (χ4v) is 1.97. The van der Waals surface area contributed by atoms with E-state index in [-0.39, 0.29) is 24.6 Å². The van der Waals surface area contributed by atoms with Crippen LogP contribution in [0.25, 0.3) is 0 Å². The van der Waals surface area contributed by atoms with Crippen molar-refractivity contribution in [3.8, 4) is 0 Å². The van der Waals surface area contributed by atoms with E-state index in [0.29, 0.717) is 16.6 Å². The minimum Gasteiger partial charge on any atom is -0.475 e. The van der Waals surface area contributed by atoms with Gasteiger partial charge in [-0.2, -0.15) is 0 Å². The summed E-state index contributed by atoms with van der Waals surface area (Å²) in [5, 5.41) is 13.4. The van der Waals surface area contributed by atoms with Crippen molar-refractivity contribution < 1.29 is 19.1 Å². The van der Waals surface area contributed by atoms with Crippen LogP contribution in [-0.4, -0.2) is 22.0 Å². The lowest BCUT2D eigenvalue weighted by atomic mass is 10.3. The maximum atomic E-state index is 11.6. The van der Waals surface area contributed by atoms with E-state index < -0.39 is 5.97 Å². The summed E-state index contributed by atoms with van der Waals surface area (Å²) in [5.74, 6) is -1.16. The van der Waals surface area contributed by atoms with Crippen LogP contribution in [0, 0.1) is 0 Å². The predicted octanol–water partition coefficient (Wildman–Crippen LogP) is 0.875. The molecule has 0 radical (unpaired) electrons. The summed E-state index contributed by atoms with van der Waals surface area (Å²) in [6.45, 7) is 0.131. The number of carboxylic acids is 1. The van der Waals surface area contributed by atoms with E-state index in [9.17, 15) is 9.59 Å². The summed E-state index contributed by atoms with van der Waals surface area (Å²) in [7, 11) is 0. The molecule has 0 fully saturated rings. The second-order valence-corrected chi connectivity index (χ2v) is 4.59. The van der Waals surface area contributed by atoms with Crippen LogP contribution in [-0.2, 0) is 17.8 Å². The van der Waals surface area contributed by atoms with Gasteiger partial charge >= 0.3 is 5.97 Å². The number of nitrogens with zero attached hydrogens (tertiary/aromatic N) is 1. The lowest BCUT2D eigenvalue weighted by Crippen LogP contribution is -2.24. The molecule has 0 unspecified atom stereocenters. The Morgan fingerprint density at radius 2 is 2.26 bits per heavy atom. The molecule has 19 heavy (non-hydrogen) atoms. The van der Waals surface area contributed by atoms with E-state index in [1.54, 1.807) is 5.38 Å². The monoisotopic (exact) mass is 281 g/mol. The van der Waals surface area contributed by atoms with Gasteiger partial charge in [0.1, 0.15) is 5.76 Å². The Morgan fingerprint density at radius 1 is 1.47 bits per heavy atom. The zero-order chi connectivity index (χ0) is 13.8. The average molecular weight is 281 g/mol. The summed E-state index contributed by atoms with van der Waals surface area (Å²) >= 11 is 1.27. The van der Waals surface area contributed by atoms with Crippen LogP contribution in [0.4, 0.5) is 5.13 Å². The molecule has 2 aromatic heterocycles. The van der Waals surface area contributed by atoms with Gasteiger partial charge in [-0.05, 0) is 12.1 Å². The smallest absolute Gasteiger partial charge is 0.371 e. The van der Waals surface area contributed by atoms with Crippen molar-refractivity contribution in [3.05, 3.63) is 34.7 Å². The fraction of sp³-hybridized carbons (Fsp3) is 0.182. The molecular weight excluding hydrogens is 270 g/mol. The van der Waals surface area contributed by atoms with Gasteiger partial charge in [-0.15, -0.1) is 11.3 Å². The second kappa shape index (κ2) is 5.53. The van der Waals surface area contributed by atoms with Gasteiger partial charge in [-0.3, -0.25) is 4.79 Å². The summed E-state index contributed by atoms with van der Waals surface area (Å²) in [6.07, 6.45) is 0.125. The van der Waals surface area contributed by atoms with Gasteiger partial charge in [0.05, 0.1) is 18.7 Å². The number of aromatic nitrogens is 1. The number of hydrogen-bond donors (Lipinski definition) is 3. The third-order valence-corrected chi connectivity index (χ3v) is 2.97. The maximum Gasteiger partial charge on any atom is 0.371 e. The third-order valence-electron chi connectivity index (χ3n) is 2.24. The Bertz CT molecular complexity index is 605. The fourth-order valence-electron chi connectivity index (χ4n) is 1.40. The van der Waals surface area contributed by atoms with E-state index in [0.717, 1.165) is 0 Å². The average Bonchev–Trinajstić information content (AvgIpc) is 2.96. The Labute approximate surface area is 112 Å². The minimum atomic E-state index is -1.14. The van der Waals surface area contributed by atoms with Crippen molar-refractivity contribution in [3.63, 3.8) is 0 Å². The number of thiazole rings is 1. The van der Waals surface area contributed by atoms with E-state index >= 15 is 0 Å². The molecule has 8 heteroatoms. The van der Waals surface area contributed by atoms with E-state index in [2.05, 4.69) is 10.3 Å². The normalized spacial score (nSPS) is 10.3. The Hall–Kier alpha value is -2.35. The van der Waals surface area contributed by atoms with Crippen LogP contribution in [0.5, 0.6) is 0 Å². The molecule has 2 aromatic rings. The van der Waals surface area contributed by atoms with E-state index in [1.165, 1.54) is 23.5 Å². The van der Waals surface area contributed by atoms with Crippen molar-refractivity contribution in [1.82, 2.24) is 10.3 Å². The molecule has 2 rings (SSSR count). The van der Waals surface area contributed by atoms with E-state index in [1.807, 2.05) is 0 Å².